The SMILES string of the molecule is CC(C)c1ccc(N2c3ccc(-c4ccc(C(F)(F)F)cc4)cc3CC2C(=O)O)cc1. The van der Waals surface area contributed by atoms with E-state index in [1.165, 1.54) is 17.7 Å². The molecule has 1 unspecified atom stereocenters. The van der Waals surface area contributed by atoms with Gasteiger partial charge in [-0.1, -0.05) is 44.2 Å². The van der Waals surface area contributed by atoms with Crippen LogP contribution in [0.4, 0.5) is 24.5 Å². The second kappa shape index (κ2) is 7.76. The van der Waals surface area contributed by atoms with Crippen molar-refractivity contribution in [1.82, 2.24) is 0 Å². The van der Waals surface area contributed by atoms with Gasteiger partial charge >= 0.3 is 12.1 Å². The van der Waals surface area contributed by atoms with Gasteiger partial charge in [0.25, 0.3) is 0 Å². The van der Waals surface area contributed by atoms with Gasteiger partial charge in [-0.3, -0.25) is 0 Å². The maximum absolute atomic E-state index is 12.8. The van der Waals surface area contributed by atoms with Gasteiger partial charge in [0.05, 0.1) is 5.56 Å². The van der Waals surface area contributed by atoms with Gasteiger partial charge in [0.2, 0.25) is 0 Å². The van der Waals surface area contributed by atoms with Gasteiger partial charge in [0.1, 0.15) is 6.04 Å². The number of halogens is 3. The number of rotatable bonds is 4. The highest BCUT2D eigenvalue weighted by atomic mass is 19.4. The molecule has 1 aliphatic rings. The van der Waals surface area contributed by atoms with Crippen LogP contribution in [0.25, 0.3) is 11.1 Å². The summed E-state index contributed by atoms with van der Waals surface area (Å²) in [6.07, 6.45) is -4.05. The van der Waals surface area contributed by atoms with E-state index in [4.69, 9.17) is 0 Å². The molecule has 0 saturated heterocycles. The van der Waals surface area contributed by atoms with E-state index in [9.17, 15) is 23.1 Å². The molecule has 0 radical (unpaired) electrons. The third kappa shape index (κ3) is 4.02. The quantitative estimate of drug-likeness (QED) is 0.509. The highest BCUT2D eigenvalue weighted by molar-refractivity contribution is 5.88. The number of alkyl halides is 3. The van der Waals surface area contributed by atoms with E-state index in [0.29, 0.717) is 17.9 Å². The summed E-state index contributed by atoms with van der Waals surface area (Å²) in [6.45, 7) is 4.20. The molecule has 1 atom stereocenters. The molecule has 0 aliphatic carbocycles. The van der Waals surface area contributed by atoms with Gasteiger partial charge in [-0.25, -0.2) is 4.79 Å². The van der Waals surface area contributed by atoms with Crippen LogP contribution in [0.5, 0.6) is 0 Å². The number of hydrogen-bond acceptors (Lipinski definition) is 2. The third-order valence-corrected chi connectivity index (χ3v) is 5.73. The molecule has 0 fully saturated rings. The first-order chi connectivity index (χ1) is 14.6. The van der Waals surface area contributed by atoms with Crippen LogP contribution in [-0.4, -0.2) is 17.1 Å². The lowest BCUT2D eigenvalue weighted by Gasteiger charge is -2.25. The van der Waals surface area contributed by atoms with Crippen LogP contribution in [0.2, 0.25) is 0 Å². The van der Waals surface area contributed by atoms with Gasteiger partial charge in [0.15, 0.2) is 0 Å². The summed E-state index contributed by atoms with van der Waals surface area (Å²) >= 11 is 0. The van der Waals surface area contributed by atoms with Gasteiger partial charge in [0, 0.05) is 17.8 Å². The second-order valence-corrected chi connectivity index (χ2v) is 8.09. The highest BCUT2D eigenvalue weighted by Gasteiger charge is 2.36. The minimum absolute atomic E-state index is 0.324. The first kappa shape index (κ1) is 21.0. The topological polar surface area (TPSA) is 40.5 Å². The minimum atomic E-state index is -4.38. The molecule has 0 aromatic heterocycles. The Morgan fingerprint density at radius 1 is 0.968 bits per heavy atom. The van der Waals surface area contributed by atoms with Crippen LogP contribution < -0.4 is 4.90 Å². The van der Waals surface area contributed by atoms with Crippen LogP contribution in [0, 0.1) is 0 Å². The first-order valence-corrected chi connectivity index (χ1v) is 10.1. The molecule has 0 saturated carbocycles. The largest absolute Gasteiger partial charge is 0.480 e. The van der Waals surface area contributed by atoms with E-state index >= 15 is 0 Å². The Morgan fingerprint density at radius 2 is 1.58 bits per heavy atom. The molecule has 3 aromatic rings. The Morgan fingerprint density at radius 3 is 2.13 bits per heavy atom. The summed E-state index contributed by atoms with van der Waals surface area (Å²) in [5.74, 6) is -0.540. The Kier molecular flexibility index (Phi) is 5.25. The molecule has 0 spiro atoms. The van der Waals surface area contributed by atoms with Crippen LogP contribution in [-0.2, 0) is 17.4 Å². The lowest BCUT2D eigenvalue weighted by atomic mass is 10.00. The fourth-order valence-electron chi connectivity index (χ4n) is 4.02. The number of hydrogen-bond donors (Lipinski definition) is 1. The van der Waals surface area contributed by atoms with Crippen LogP contribution in [0.15, 0.2) is 66.7 Å². The van der Waals surface area contributed by atoms with Crippen molar-refractivity contribution in [3.63, 3.8) is 0 Å². The molecular formula is C25H22F3NO2. The molecular weight excluding hydrogens is 403 g/mol. The van der Waals surface area contributed by atoms with E-state index in [1.54, 1.807) is 0 Å². The normalized spacial score (nSPS) is 15.9. The zero-order valence-electron chi connectivity index (χ0n) is 17.1. The molecule has 3 aromatic carbocycles. The average molecular weight is 425 g/mol. The molecule has 160 valence electrons. The Balaban J connectivity index is 1.69. The van der Waals surface area contributed by atoms with Gasteiger partial charge in [-0.2, -0.15) is 13.2 Å². The predicted octanol–water partition coefficient (Wildman–Crippen LogP) is 6.64. The van der Waals surface area contributed by atoms with Crippen LogP contribution in [0.3, 0.4) is 0 Å². The molecule has 1 aliphatic heterocycles. The summed E-state index contributed by atoms with van der Waals surface area (Å²) < 4.78 is 38.5. The minimum Gasteiger partial charge on any atom is -0.480 e. The first-order valence-electron chi connectivity index (χ1n) is 10.1. The second-order valence-electron chi connectivity index (χ2n) is 8.09. The van der Waals surface area contributed by atoms with Crippen molar-refractivity contribution in [1.29, 1.82) is 0 Å². The molecule has 1 N–H and O–H groups in total. The van der Waals surface area contributed by atoms with Crippen molar-refractivity contribution >= 4 is 17.3 Å². The summed E-state index contributed by atoms with van der Waals surface area (Å²) in [5, 5.41) is 9.80. The van der Waals surface area contributed by atoms with Crippen molar-refractivity contribution in [3.05, 3.63) is 83.4 Å². The summed E-state index contributed by atoms with van der Waals surface area (Å²) in [7, 11) is 0. The fourth-order valence-corrected chi connectivity index (χ4v) is 4.02. The lowest BCUT2D eigenvalue weighted by molar-refractivity contribution is -0.138. The number of nitrogens with zero attached hydrogens (tertiary/aromatic N) is 1. The Bertz CT molecular complexity index is 1100. The molecule has 4 rings (SSSR count). The maximum atomic E-state index is 12.8. The summed E-state index contributed by atoms with van der Waals surface area (Å²) in [5.41, 5.74) is 4.36. The molecule has 1 heterocycles. The molecule has 0 amide bonds. The van der Waals surface area contributed by atoms with Gasteiger partial charge < -0.3 is 10.0 Å². The number of anilines is 2. The number of carboxylic acid groups (broad SMARTS) is 1. The van der Waals surface area contributed by atoms with E-state index in [2.05, 4.69) is 13.8 Å². The van der Waals surface area contributed by atoms with E-state index in [1.807, 2.05) is 47.4 Å². The highest BCUT2D eigenvalue weighted by Crippen LogP contribution is 2.41. The zero-order valence-corrected chi connectivity index (χ0v) is 17.1. The van der Waals surface area contributed by atoms with Crippen molar-refractivity contribution in [3.8, 4) is 11.1 Å². The van der Waals surface area contributed by atoms with Crippen LogP contribution >= 0.6 is 0 Å². The fraction of sp³-hybridized carbons (Fsp3) is 0.240. The number of aliphatic carboxylic acids is 1. The zero-order chi connectivity index (χ0) is 22.3. The van der Waals surface area contributed by atoms with E-state index < -0.39 is 23.8 Å². The lowest BCUT2D eigenvalue weighted by Crippen LogP contribution is -2.35. The third-order valence-electron chi connectivity index (χ3n) is 5.73. The van der Waals surface area contributed by atoms with Crippen LogP contribution in [0.1, 0.15) is 36.5 Å². The molecule has 6 heteroatoms. The Labute approximate surface area is 178 Å². The van der Waals surface area contributed by atoms with Gasteiger partial charge in [-0.05, 0) is 64.6 Å². The number of carbonyl (C=O) groups is 1. The van der Waals surface area contributed by atoms with Crippen molar-refractivity contribution in [2.75, 3.05) is 4.90 Å². The number of carboxylic acids is 1. The number of fused-ring (bicyclic) bond motifs is 1. The predicted molar refractivity (Wildman–Crippen MR) is 115 cm³/mol. The molecule has 0 bridgehead atoms. The van der Waals surface area contributed by atoms with Crippen molar-refractivity contribution < 1.29 is 23.1 Å². The van der Waals surface area contributed by atoms with E-state index in [0.717, 1.165) is 34.6 Å². The van der Waals surface area contributed by atoms with Gasteiger partial charge in [-0.15, -0.1) is 0 Å². The Hall–Kier alpha value is -3.28. The molecule has 31 heavy (non-hydrogen) atoms. The number of benzene rings is 3. The smallest absolute Gasteiger partial charge is 0.416 e. The maximum Gasteiger partial charge on any atom is 0.416 e. The van der Waals surface area contributed by atoms with Crippen molar-refractivity contribution in [2.45, 2.75) is 38.4 Å². The molecule has 3 nitrogen and oxygen atoms in total. The van der Waals surface area contributed by atoms with E-state index in [-0.39, 0.29) is 0 Å². The summed E-state index contributed by atoms with van der Waals surface area (Å²) in [4.78, 5) is 13.8. The standard InChI is InChI=1S/C25H22F3NO2/c1-15(2)16-5-10-21(11-6-16)29-22-12-7-18(13-19(22)14-23(29)24(30)31)17-3-8-20(9-4-17)25(26,27)28/h3-13,15,23H,14H2,1-2H3,(H,30,31). The summed E-state index contributed by atoms with van der Waals surface area (Å²) in [6, 6.07) is 17.7. The van der Waals surface area contributed by atoms with Crippen molar-refractivity contribution in [2.24, 2.45) is 0 Å². The monoisotopic (exact) mass is 425 g/mol. The average Bonchev–Trinajstić information content (AvgIpc) is 3.12.